The Kier molecular flexibility index (Phi) is 4.58. The summed E-state index contributed by atoms with van der Waals surface area (Å²) in [6.45, 7) is 4.63. The number of aryl methyl sites for hydroxylation is 1. The highest BCUT2D eigenvalue weighted by Crippen LogP contribution is 2.31. The fourth-order valence-electron chi connectivity index (χ4n) is 2.88. The van der Waals surface area contributed by atoms with Crippen LogP contribution in [0, 0.1) is 12.7 Å². The topological polar surface area (TPSA) is 29.5 Å². The zero-order chi connectivity index (χ0) is 13.9. The minimum atomic E-state index is -0.708. The first kappa shape index (κ1) is 14.5. The highest BCUT2D eigenvalue weighted by molar-refractivity contribution is 5.28. The van der Waals surface area contributed by atoms with Gasteiger partial charge in [0.15, 0.2) is 0 Å². The van der Waals surface area contributed by atoms with Crippen LogP contribution in [0.15, 0.2) is 18.2 Å². The average Bonchev–Trinajstić information content (AvgIpc) is 2.33. The molecule has 1 aliphatic rings. The maximum Gasteiger partial charge on any atom is 0.123 e. The summed E-state index contributed by atoms with van der Waals surface area (Å²) in [5, 5.41) is 10.7. The highest BCUT2D eigenvalue weighted by atomic mass is 19.1. The summed E-state index contributed by atoms with van der Waals surface area (Å²) in [5.74, 6) is -0.218. The maximum absolute atomic E-state index is 13.1. The molecule has 0 radical (unpaired) electrons. The summed E-state index contributed by atoms with van der Waals surface area (Å²) in [7, 11) is 0. The molecule has 1 N–H and O–H groups in total. The molecule has 1 heterocycles. The lowest BCUT2D eigenvalue weighted by molar-refractivity contribution is -0.105. The van der Waals surface area contributed by atoms with Crippen LogP contribution in [0.3, 0.4) is 0 Å². The summed E-state index contributed by atoms with van der Waals surface area (Å²) in [6.07, 6.45) is 4.13. The van der Waals surface area contributed by atoms with Crippen molar-refractivity contribution in [3.05, 3.63) is 35.1 Å². The van der Waals surface area contributed by atoms with Gasteiger partial charge >= 0.3 is 0 Å². The van der Waals surface area contributed by atoms with Gasteiger partial charge in [-0.05, 0) is 43.0 Å². The smallest absolute Gasteiger partial charge is 0.123 e. The number of halogens is 1. The second-order valence-electron chi connectivity index (χ2n) is 5.71. The Morgan fingerprint density at radius 1 is 1.47 bits per heavy atom. The van der Waals surface area contributed by atoms with E-state index in [1.807, 2.05) is 6.92 Å². The quantitative estimate of drug-likeness (QED) is 0.905. The molecule has 1 fully saturated rings. The van der Waals surface area contributed by atoms with E-state index in [-0.39, 0.29) is 11.9 Å². The molecular weight excluding hydrogens is 243 g/mol. The van der Waals surface area contributed by atoms with Gasteiger partial charge in [0.1, 0.15) is 5.82 Å². The van der Waals surface area contributed by atoms with E-state index in [1.54, 1.807) is 6.07 Å². The molecule has 1 aromatic carbocycles. The molecule has 1 aromatic rings. The molecule has 1 saturated heterocycles. The van der Waals surface area contributed by atoms with E-state index >= 15 is 0 Å². The Balaban J connectivity index is 2.07. The van der Waals surface area contributed by atoms with Crippen LogP contribution >= 0.6 is 0 Å². The fraction of sp³-hybridized carbons (Fsp3) is 0.625. The third-order valence-corrected chi connectivity index (χ3v) is 3.96. The van der Waals surface area contributed by atoms with Gasteiger partial charge in [-0.2, -0.15) is 0 Å². The third-order valence-electron chi connectivity index (χ3n) is 3.96. The van der Waals surface area contributed by atoms with Crippen molar-refractivity contribution in [1.29, 1.82) is 0 Å². The molecule has 2 unspecified atom stereocenters. The minimum Gasteiger partial charge on any atom is -0.389 e. The van der Waals surface area contributed by atoms with Crippen molar-refractivity contribution in [2.24, 2.45) is 0 Å². The summed E-state index contributed by atoms with van der Waals surface area (Å²) >= 11 is 0. The highest BCUT2D eigenvalue weighted by Gasteiger charge is 2.35. The van der Waals surface area contributed by atoms with Crippen molar-refractivity contribution in [3.8, 4) is 0 Å². The lowest BCUT2D eigenvalue weighted by atomic mass is 9.82. The van der Waals surface area contributed by atoms with E-state index in [4.69, 9.17) is 4.74 Å². The Hall–Kier alpha value is -0.930. The molecule has 0 aliphatic carbocycles. The van der Waals surface area contributed by atoms with Crippen molar-refractivity contribution in [1.82, 2.24) is 0 Å². The van der Waals surface area contributed by atoms with Gasteiger partial charge in [0, 0.05) is 19.4 Å². The van der Waals surface area contributed by atoms with E-state index in [2.05, 4.69) is 6.92 Å². The summed E-state index contributed by atoms with van der Waals surface area (Å²) < 4.78 is 18.8. The fourth-order valence-corrected chi connectivity index (χ4v) is 2.88. The first-order valence-electron chi connectivity index (χ1n) is 7.11. The van der Waals surface area contributed by atoms with Crippen LogP contribution in [0.2, 0.25) is 0 Å². The second-order valence-corrected chi connectivity index (χ2v) is 5.71. The van der Waals surface area contributed by atoms with Gasteiger partial charge in [-0.25, -0.2) is 4.39 Å². The average molecular weight is 266 g/mol. The van der Waals surface area contributed by atoms with Crippen LogP contribution in [0.1, 0.15) is 43.7 Å². The predicted octanol–water partition coefficient (Wildman–Crippen LogP) is 3.39. The van der Waals surface area contributed by atoms with Crippen LogP contribution in [-0.4, -0.2) is 23.4 Å². The van der Waals surface area contributed by atoms with E-state index in [1.165, 1.54) is 12.1 Å². The number of benzene rings is 1. The summed E-state index contributed by atoms with van der Waals surface area (Å²) in [5.41, 5.74) is 1.23. The third kappa shape index (κ3) is 3.77. The van der Waals surface area contributed by atoms with Crippen molar-refractivity contribution in [2.75, 3.05) is 6.61 Å². The molecule has 1 aliphatic heterocycles. The van der Waals surface area contributed by atoms with Gasteiger partial charge in [-0.1, -0.05) is 19.4 Å². The van der Waals surface area contributed by atoms with Crippen molar-refractivity contribution in [2.45, 2.75) is 57.7 Å². The van der Waals surface area contributed by atoms with Gasteiger partial charge in [-0.3, -0.25) is 0 Å². The number of rotatable bonds is 4. The van der Waals surface area contributed by atoms with Gasteiger partial charge in [-0.15, -0.1) is 0 Å². The number of hydrogen-bond acceptors (Lipinski definition) is 2. The number of aliphatic hydroxyl groups is 1. The molecule has 0 spiro atoms. The van der Waals surface area contributed by atoms with E-state index in [0.717, 1.165) is 24.0 Å². The zero-order valence-electron chi connectivity index (χ0n) is 11.8. The molecule has 0 bridgehead atoms. The Bertz CT molecular complexity index is 431. The molecular formula is C16H23FO2. The van der Waals surface area contributed by atoms with Crippen molar-refractivity contribution >= 4 is 0 Å². The summed E-state index contributed by atoms with van der Waals surface area (Å²) in [4.78, 5) is 0. The van der Waals surface area contributed by atoms with Gasteiger partial charge in [0.25, 0.3) is 0 Å². The number of hydrogen-bond donors (Lipinski definition) is 1. The van der Waals surface area contributed by atoms with Crippen LogP contribution in [0.4, 0.5) is 4.39 Å². The Labute approximate surface area is 114 Å². The van der Waals surface area contributed by atoms with Gasteiger partial charge < -0.3 is 9.84 Å². The SMILES string of the molecule is CCCC1CC(O)(Cc2ccc(F)cc2C)CCO1. The summed E-state index contributed by atoms with van der Waals surface area (Å²) in [6, 6.07) is 4.78. The van der Waals surface area contributed by atoms with Gasteiger partial charge in [0.2, 0.25) is 0 Å². The van der Waals surface area contributed by atoms with Crippen molar-refractivity contribution in [3.63, 3.8) is 0 Å². The largest absolute Gasteiger partial charge is 0.389 e. The first-order valence-corrected chi connectivity index (χ1v) is 7.11. The monoisotopic (exact) mass is 266 g/mol. The molecule has 0 amide bonds. The predicted molar refractivity (Wildman–Crippen MR) is 73.7 cm³/mol. The number of ether oxygens (including phenoxy) is 1. The standard InChI is InChI=1S/C16H23FO2/c1-3-4-15-11-16(18,7-8-19-15)10-13-5-6-14(17)9-12(13)2/h5-6,9,15,18H,3-4,7-8,10-11H2,1-2H3. The van der Waals surface area contributed by atoms with E-state index in [0.29, 0.717) is 25.9 Å². The lowest BCUT2D eigenvalue weighted by Crippen LogP contribution is -2.42. The van der Waals surface area contributed by atoms with Crippen LogP contribution in [0.5, 0.6) is 0 Å². The van der Waals surface area contributed by atoms with E-state index < -0.39 is 5.60 Å². The maximum atomic E-state index is 13.1. The van der Waals surface area contributed by atoms with Crippen molar-refractivity contribution < 1.29 is 14.2 Å². The molecule has 2 nitrogen and oxygen atoms in total. The van der Waals surface area contributed by atoms with Crippen LogP contribution < -0.4 is 0 Å². The zero-order valence-corrected chi connectivity index (χ0v) is 11.8. The molecule has 19 heavy (non-hydrogen) atoms. The van der Waals surface area contributed by atoms with E-state index in [9.17, 15) is 9.50 Å². The first-order chi connectivity index (χ1) is 9.02. The molecule has 2 atom stereocenters. The lowest BCUT2D eigenvalue weighted by Gasteiger charge is -2.37. The minimum absolute atomic E-state index is 0.157. The van der Waals surface area contributed by atoms with Crippen LogP contribution in [0.25, 0.3) is 0 Å². The Morgan fingerprint density at radius 2 is 2.26 bits per heavy atom. The molecule has 0 saturated carbocycles. The van der Waals surface area contributed by atoms with Crippen LogP contribution in [-0.2, 0) is 11.2 Å². The molecule has 3 heteroatoms. The molecule has 106 valence electrons. The normalized spacial score (nSPS) is 27.5. The molecule has 0 aromatic heterocycles. The molecule has 2 rings (SSSR count). The second kappa shape index (κ2) is 6.02. The van der Waals surface area contributed by atoms with Gasteiger partial charge in [0.05, 0.1) is 11.7 Å². The Morgan fingerprint density at radius 3 is 2.95 bits per heavy atom.